The van der Waals surface area contributed by atoms with Crippen molar-refractivity contribution in [1.29, 1.82) is 0 Å². The molecule has 1 aromatic rings. The summed E-state index contributed by atoms with van der Waals surface area (Å²) in [6.07, 6.45) is 0. The topological polar surface area (TPSA) is 29.5 Å². The van der Waals surface area contributed by atoms with Gasteiger partial charge < -0.3 is 4.74 Å². The predicted octanol–water partition coefficient (Wildman–Crippen LogP) is 2.35. The van der Waals surface area contributed by atoms with Crippen LogP contribution in [0, 0.1) is 0 Å². The number of halogens is 1. The van der Waals surface area contributed by atoms with E-state index in [1.807, 2.05) is 24.3 Å². The highest BCUT2D eigenvalue weighted by Crippen LogP contribution is 2.14. The summed E-state index contributed by atoms with van der Waals surface area (Å²) >= 11 is 3.38. The molecule has 0 bridgehead atoms. The zero-order valence-corrected chi connectivity index (χ0v) is 11.4. The van der Waals surface area contributed by atoms with E-state index in [2.05, 4.69) is 27.8 Å². The molecule has 1 aromatic carbocycles. The van der Waals surface area contributed by atoms with Crippen LogP contribution in [0.5, 0.6) is 0 Å². The van der Waals surface area contributed by atoms with E-state index in [9.17, 15) is 4.79 Å². The number of hydrogen-bond donors (Lipinski definition) is 0. The van der Waals surface area contributed by atoms with Gasteiger partial charge in [-0.25, -0.2) is 0 Å². The minimum Gasteiger partial charge on any atom is -0.379 e. The van der Waals surface area contributed by atoms with Gasteiger partial charge in [0.15, 0.2) is 5.78 Å². The van der Waals surface area contributed by atoms with Crippen LogP contribution in [0.3, 0.4) is 0 Å². The smallest absolute Gasteiger partial charge is 0.176 e. The average Bonchev–Trinajstić information content (AvgIpc) is 2.32. The molecule has 0 spiro atoms. The summed E-state index contributed by atoms with van der Waals surface area (Å²) in [5.41, 5.74) is 0.762. The van der Waals surface area contributed by atoms with Crippen LogP contribution >= 0.6 is 15.9 Å². The Hall–Kier alpha value is -0.710. The minimum atomic E-state index is 0.167. The Labute approximate surface area is 110 Å². The van der Waals surface area contributed by atoms with Crippen molar-refractivity contribution >= 4 is 21.7 Å². The first kappa shape index (κ1) is 12.7. The Kier molecular flexibility index (Phi) is 4.31. The van der Waals surface area contributed by atoms with E-state index in [4.69, 9.17) is 4.74 Å². The van der Waals surface area contributed by atoms with Gasteiger partial charge in [0.1, 0.15) is 0 Å². The van der Waals surface area contributed by atoms with Gasteiger partial charge in [-0.3, -0.25) is 9.69 Å². The number of carbonyl (C=O) groups excluding carboxylic acids is 1. The molecule has 1 aliphatic heterocycles. The van der Waals surface area contributed by atoms with Crippen molar-refractivity contribution < 1.29 is 9.53 Å². The summed E-state index contributed by atoms with van der Waals surface area (Å²) in [5, 5.41) is 0. The summed E-state index contributed by atoms with van der Waals surface area (Å²) in [7, 11) is 0. The largest absolute Gasteiger partial charge is 0.379 e. The van der Waals surface area contributed by atoms with Gasteiger partial charge in [-0.1, -0.05) is 28.1 Å². The van der Waals surface area contributed by atoms with Crippen LogP contribution in [0.25, 0.3) is 0 Å². The van der Waals surface area contributed by atoms with Gasteiger partial charge in [0.2, 0.25) is 0 Å². The summed E-state index contributed by atoms with van der Waals surface area (Å²) in [4.78, 5) is 14.3. The van der Waals surface area contributed by atoms with E-state index < -0.39 is 0 Å². The Morgan fingerprint density at radius 2 is 2.41 bits per heavy atom. The number of benzene rings is 1. The van der Waals surface area contributed by atoms with Crippen LogP contribution in [0.15, 0.2) is 28.7 Å². The minimum absolute atomic E-state index is 0.167. The van der Waals surface area contributed by atoms with E-state index in [1.165, 1.54) is 0 Å². The van der Waals surface area contributed by atoms with Crippen LogP contribution < -0.4 is 0 Å². The number of morpholine rings is 1. The fourth-order valence-corrected chi connectivity index (χ4v) is 2.33. The average molecular weight is 298 g/mol. The van der Waals surface area contributed by atoms with Gasteiger partial charge in [-0.15, -0.1) is 0 Å². The van der Waals surface area contributed by atoms with Gasteiger partial charge in [-0.05, 0) is 19.1 Å². The van der Waals surface area contributed by atoms with Crippen LogP contribution in [-0.2, 0) is 4.74 Å². The Morgan fingerprint density at radius 1 is 1.59 bits per heavy atom. The third kappa shape index (κ3) is 3.37. The molecule has 3 nitrogen and oxygen atoms in total. The summed E-state index contributed by atoms with van der Waals surface area (Å²) in [6, 6.07) is 7.86. The molecule has 1 heterocycles. The van der Waals surface area contributed by atoms with Gasteiger partial charge in [0.05, 0.1) is 19.8 Å². The second-order valence-corrected chi connectivity index (χ2v) is 5.24. The predicted molar refractivity (Wildman–Crippen MR) is 70.3 cm³/mol. The highest BCUT2D eigenvalue weighted by Gasteiger charge is 2.21. The monoisotopic (exact) mass is 297 g/mol. The molecule has 1 unspecified atom stereocenters. The van der Waals surface area contributed by atoms with Crippen molar-refractivity contribution in [1.82, 2.24) is 4.90 Å². The molecule has 0 N–H and O–H groups in total. The van der Waals surface area contributed by atoms with Crippen molar-refractivity contribution in [3.05, 3.63) is 34.3 Å². The first-order chi connectivity index (χ1) is 8.16. The molecule has 0 radical (unpaired) electrons. The number of hydrogen-bond acceptors (Lipinski definition) is 3. The molecule has 0 amide bonds. The number of ketones is 1. The molecule has 4 heteroatoms. The lowest BCUT2D eigenvalue weighted by molar-refractivity contribution is 0.00201. The highest BCUT2D eigenvalue weighted by atomic mass is 79.9. The zero-order chi connectivity index (χ0) is 12.3. The quantitative estimate of drug-likeness (QED) is 0.802. The molecule has 0 aliphatic carbocycles. The van der Waals surface area contributed by atoms with Gasteiger partial charge in [-0.2, -0.15) is 0 Å². The summed E-state index contributed by atoms with van der Waals surface area (Å²) in [5.74, 6) is 0.167. The molecule has 1 saturated heterocycles. The number of ether oxygens (including phenoxy) is 1. The maximum absolute atomic E-state index is 12.1. The van der Waals surface area contributed by atoms with E-state index in [-0.39, 0.29) is 5.78 Å². The zero-order valence-electron chi connectivity index (χ0n) is 9.86. The van der Waals surface area contributed by atoms with Crippen molar-refractivity contribution in [2.75, 3.05) is 26.3 Å². The van der Waals surface area contributed by atoms with Crippen molar-refractivity contribution in [3.8, 4) is 0 Å². The fourth-order valence-electron chi connectivity index (χ4n) is 1.93. The molecular formula is C13H16BrNO2. The third-order valence-corrected chi connectivity index (χ3v) is 3.49. The van der Waals surface area contributed by atoms with Crippen molar-refractivity contribution in [3.63, 3.8) is 0 Å². The van der Waals surface area contributed by atoms with E-state index >= 15 is 0 Å². The van der Waals surface area contributed by atoms with Crippen LogP contribution in [0.4, 0.5) is 0 Å². The first-order valence-electron chi connectivity index (χ1n) is 5.77. The van der Waals surface area contributed by atoms with Gasteiger partial charge >= 0.3 is 0 Å². The Morgan fingerprint density at radius 3 is 3.12 bits per heavy atom. The third-order valence-electron chi connectivity index (χ3n) is 3.00. The molecule has 1 aliphatic rings. The molecule has 1 fully saturated rings. The maximum Gasteiger partial charge on any atom is 0.176 e. The second kappa shape index (κ2) is 5.76. The molecule has 17 heavy (non-hydrogen) atoms. The van der Waals surface area contributed by atoms with Gasteiger partial charge in [0.25, 0.3) is 0 Å². The molecule has 0 saturated carbocycles. The lowest BCUT2D eigenvalue weighted by atomic mass is 10.1. The Balaban J connectivity index is 2.01. The molecule has 2 rings (SSSR count). The molecule has 92 valence electrons. The van der Waals surface area contributed by atoms with Crippen molar-refractivity contribution in [2.24, 2.45) is 0 Å². The number of carbonyl (C=O) groups is 1. The molecular weight excluding hydrogens is 282 g/mol. The van der Waals surface area contributed by atoms with Crippen LogP contribution in [-0.4, -0.2) is 43.0 Å². The number of Topliss-reactive ketones (excluding diaryl/α,β-unsaturated/α-hetero) is 1. The highest BCUT2D eigenvalue weighted by molar-refractivity contribution is 9.10. The molecule has 1 atom stereocenters. The Bertz CT molecular complexity index is 408. The maximum atomic E-state index is 12.1. The number of nitrogens with zero attached hydrogens (tertiary/aromatic N) is 1. The molecule has 0 aromatic heterocycles. The lowest BCUT2D eigenvalue weighted by Crippen LogP contribution is -2.45. The standard InChI is InChI=1S/C13H16BrNO2/c1-10-9-17-6-5-15(10)8-13(16)11-3-2-4-12(14)7-11/h2-4,7,10H,5-6,8-9H2,1H3. The van der Waals surface area contributed by atoms with E-state index in [0.717, 1.165) is 23.2 Å². The normalized spacial score (nSPS) is 21.4. The first-order valence-corrected chi connectivity index (χ1v) is 6.56. The van der Waals surface area contributed by atoms with Crippen molar-refractivity contribution in [2.45, 2.75) is 13.0 Å². The lowest BCUT2D eigenvalue weighted by Gasteiger charge is -2.32. The van der Waals surface area contributed by atoms with Crippen LogP contribution in [0.2, 0.25) is 0 Å². The summed E-state index contributed by atoms with van der Waals surface area (Å²) < 4.78 is 6.30. The van der Waals surface area contributed by atoms with Gasteiger partial charge in [0, 0.05) is 22.6 Å². The SMILES string of the molecule is CC1COCCN1CC(=O)c1cccc(Br)c1. The summed E-state index contributed by atoms with van der Waals surface area (Å²) in [6.45, 7) is 4.83. The second-order valence-electron chi connectivity index (χ2n) is 4.33. The van der Waals surface area contributed by atoms with E-state index in [1.54, 1.807) is 0 Å². The van der Waals surface area contributed by atoms with Crippen LogP contribution in [0.1, 0.15) is 17.3 Å². The van der Waals surface area contributed by atoms with E-state index in [0.29, 0.717) is 19.2 Å². The number of rotatable bonds is 3. The fraction of sp³-hybridized carbons (Fsp3) is 0.462.